The lowest BCUT2D eigenvalue weighted by Crippen LogP contribution is -2.00. The highest BCUT2D eigenvalue weighted by atomic mass is 127. The monoisotopic (exact) mass is 359 g/mol. The van der Waals surface area contributed by atoms with Crippen LogP contribution in [0.4, 0.5) is 0 Å². The number of pyridine rings is 1. The fraction of sp³-hybridized carbons (Fsp3) is 0.250. The molecule has 0 aliphatic heterocycles. The van der Waals surface area contributed by atoms with E-state index in [0.717, 1.165) is 26.9 Å². The fourth-order valence-electron chi connectivity index (χ4n) is 1.47. The van der Waals surface area contributed by atoms with Crippen LogP contribution in [0, 0.1) is 10.5 Å². The number of nitrogens with zero attached hydrogens (tertiary/aromatic N) is 3. The quantitative estimate of drug-likeness (QED) is 0.607. The summed E-state index contributed by atoms with van der Waals surface area (Å²) in [6, 6.07) is 3.90. The third-order valence-corrected chi connectivity index (χ3v) is 4.08. The van der Waals surface area contributed by atoms with Crippen molar-refractivity contribution in [3.63, 3.8) is 0 Å². The Morgan fingerprint density at radius 2 is 2.12 bits per heavy atom. The molecule has 0 N–H and O–H groups in total. The van der Waals surface area contributed by atoms with E-state index in [9.17, 15) is 0 Å². The summed E-state index contributed by atoms with van der Waals surface area (Å²) in [5.41, 5.74) is 2.85. The molecule has 0 fully saturated rings. The average Bonchev–Trinajstić information content (AvgIpc) is 2.32. The van der Waals surface area contributed by atoms with Gasteiger partial charge < -0.3 is 0 Å². The van der Waals surface area contributed by atoms with Gasteiger partial charge in [0.25, 0.3) is 0 Å². The highest BCUT2D eigenvalue weighted by molar-refractivity contribution is 14.1. The van der Waals surface area contributed by atoms with Gasteiger partial charge in [-0.25, -0.2) is 9.97 Å². The largest absolute Gasteiger partial charge is 0.253 e. The summed E-state index contributed by atoms with van der Waals surface area (Å²) in [7, 11) is 0. The van der Waals surface area contributed by atoms with Crippen molar-refractivity contribution in [3.8, 4) is 11.5 Å². The first kappa shape index (κ1) is 12.7. The molecule has 2 aromatic heterocycles. The molecule has 0 radical (unpaired) electrons. The van der Waals surface area contributed by atoms with Gasteiger partial charge in [-0.1, -0.05) is 18.5 Å². The zero-order valence-electron chi connectivity index (χ0n) is 9.54. The maximum absolute atomic E-state index is 6.10. The molecule has 0 aliphatic rings. The van der Waals surface area contributed by atoms with Crippen LogP contribution in [-0.2, 0) is 6.42 Å². The zero-order valence-corrected chi connectivity index (χ0v) is 12.5. The van der Waals surface area contributed by atoms with E-state index in [1.807, 2.05) is 26.0 Å². The molecule has 2 aromatic rings. The van der Waals surface area contributed by atoms with Crippen LogP contribution < -0.4 is 0 Å². The van der Waals surface area contributed by atoms with E-state index in [-0.39, 0.29) is 0 Å². The van der Waals surface area contributed by atoms with Gasteiger partial charge >= 0.3 is 0 Å². The van der Waals surface area contributed by atoms with Crippen LogP contribution in [0.25, 0.3) is 11.5 Å². The fourth-order valence-corrected chi connectivity index (χ4v) is 2.28. The molecule has 0 amide bonds. The first-order valence-corrected chi connectivity index (χ1v) is 6.72. The van der Waals surface area contributed by atoms with Crippen LogP contribution in [0.3, 0.4) is 0 Å². The molecule has 2 rings (SSSR count). The van der Waals surface area contributed by atoms with Crippen molar-refractivity contribution in [2.24, 2.45) is 0 Å². The Labute approximate surface area is 119 Å². The van der Waals surface area contributed by atoms with Crippen LogP contribution in [0.2, 0.25) is 5.15 Å². The standard InChI is InChI=1S/C12H11ClIN3/c1-3-8-10(14)11(13)17-12(16-8)9-6-7(2)4-5-15-9/h4-6H,3H2,1-2H3. The van der Waals surface area contributed by atoms with Gasteiger partial charge in [-0.2, -0.15) is 0 Å². The number of aryl methyl sites for hydroxylation is 2. The summed E-state index contributed by atoms with van der Waals surface area (Å²) in [6.45, 7) is 4.06. The maximum Gasteiger partial charge on any atom is 0.179 e. The van der Waals surface area contributed by atoms with Gasteiger partial charge in [0.1, 0.15) is 10.8 Å². The van der Waals surface area contributed by atoms with E-state index < -0.39 is 0 Å². The number of aromatic nitrogens is 3. The molecule has 0 unspecified atom stereocenters. The first-order valence-electron chi connectivity index (χ1n) is 5.26. The van der Waals surface area contributed by atoms with Gasteiger partial charge in [-0.05, 0) is 53.6 Å². The summed E-state index contributed by atoms with van der Waals surface area (Å²) in [5, 5.41) is 0.496. The second kappa shape index (κ2) is 5.27. The average molecular weight is 360 g/mol. The minimum Gasteiger partial charge on any atom is -0.253 e. The predicted octanol–water partition coefficient (Wildman–Crippen LogP) is 3.67. The maximum atomic E-state index is 6.10. The summed E-state index contributed by atoms with van der Waals surface area (Å²) in [6.07, 6.45) is 2.59. The van der Waals surface area contributed by atoms with Gasteiger partial charge in [0, 0.05) is 6.20 Å². The second-order valence-corrected chi connectivity index (χ2v) is 5.11. The number of rotatable bonds is 2. The van der Waals surface area contributed by atoms with E-state index in [4.69, 9.17) is 11.6 Å². The molecule has 0 saturated heterocycles. The normalized spacial score (nSPS) is 10.6. The number of hydrogen-bond donors (Lipinski definition) is 0. The Balaban J connectivity index is 2.56. The minimum absolute atomic E-state index is 0.496. The van der Waals surface area contributed by atoms with Gasteiger partial charge in [0.15, 0.2) is 5.82 Å². The molecular weight excluding hydrogens is 349 g/mol. The van der Waals surface area contributed by atoms with E-state index in [0.29, 0.717) is 11.0 Å². The molecule has 0 aliphatic carbocycles. The van der Waals surface area contributed by atoms with Crippen molar-refractivity contribution in [2.75, 3.05) is 0 Å². The Morgan fingerprint density at radius 1 is 1.35 bits per heavy atom. The Bertz CT molecular complexity index is 557. The summed E-state index contributed by atoms with van der Waals surface area (Å²) < 4.78 is 0.920. The molecule has 0 atom stereocenters. The second-order valence-electron chi connectivity index (χ2n) is 3.67. The van der Waals surface area contributed by atoms with Crippen LogP contribution in [0.5, 0.6) is 0 Å². The molecular formula is C12H11ClIN3. The lowest BCUT2D eigenvalue weighted by molar-refractivity contribution is 0.982. The summed E-state index contributed by atoms with van der Waals surface area (Å²) in [5.74, 6) is 0.593. The van der Waals surface area contributed by atoms with Crippen molar-refractivity contribution in [1.82, 2.24) is 15.0 Å². The lowest BCUT2D eigenvalue weighted by Gasteiger charge is -2.06. The first-order chi connectivity index (χ1) is 8.11. The third kappa shape index (κ3) is 2.74. The molecule has 0 saturated carbocycles. The van der Waals surface area contributed by atoms with Crippen molar-refractivity contribution < 1.29 is 0 Å². The van der Waals surface area contributed by atoms with Crippen molar-refractivity contribution >= 4 is 34.2 Å². The van der Waals surface area contributed by atoms with Gasteiger partial charge in [-0.15, -0.1) is 0 Å². The Kier molecular flexibility index (Phi) is 3.93. The molecule has 0 bridgehead atoms. The summed E-state index contributed by atoms with van der Waals surface area (Å²) in [4.78, 5) is 13.0. The van der Waals surface area contributed by atoms with E-state index in [1.54, 1.807) is 6.20 Å². The third-order valence-electron chi connectivity index (χ3n) is 2.36. The molecule has 5 heteroatoms. The van der Waals surface area contributed by atoms with Crippen LogP contribution in [-0.4, -0.2) is 15.0 Å². The smallest absolute Gasteiger partial charge is 0.179 e. The molecule has 88 valence electrons. The highest BCUT2D eigenvalue weighted by Gasteiger charge is 2.11. The van der Waals surface area contributed by atoms with E-state index in [1.165, 1.54) is 0 Å². The highest BCUT2D eigenvalue weighted by Crippen LogP contribution is 2.23. The topological polar surface area (TPSA) is 38.7 Å². The number of halogens is 2. The molecule has 0 aromatic carbocycles. The number of hydrogen-bond acceptors (Lipinski definition) is 3. The Morgan fingerprint density at radius 3 is 2.76 bits per heavy atom. The molecule has 17 heavy (non-hydrogen) atoms. The zero-order chi connectivity index (χ0) is 12.4. The summed E-state index contributed by atoms with van der Waals surface area (Å²) >= 11 is 8.27. The molecule has 2 heterocycles. The SMILES string of the molecule is CCc1nc(-c2cc(C)ccn2)nc(Cl)c1I. The van der Waals surface area contributed by atoms with Crippen molar-refractivity contribution in [3.05, 3.63) is 38.3 Å². The van der Waals surface area contributed by atoms with Crippen LogP contribution >= 0.6 is 34.2 Å². The molecule has 3 nitrogen and oxygen atoms in total. The van der Waals surface area contributed by atoms with Crippen molar-refractivity contribution in [2.45, 2.75) is 20.3 Å². The van der Waals surface area contributed by atoms with Crippen molar-refractivity contribution in [1.29, 1.82) is 0 Å². The predicted molar refractivity (Wildman–Crippen MR) is 77.1 cm³/mol. The lowest BCUT2D eigenvalue weighted by atomic mass is 10.2. The molecule has 0 spiro atoms. The Hall–Kier alpha value is -0.750. The van der Waals surface area contributed by atoms with Gasteiger partial charge in [-0.3, -0.25) is 4.98 Å². The minimum atomic E-state index is 0.496. The van der Waals surface area contributed by atoms with E-state index in [2.05, 4.69) is 37.5 Å². The van der Waals surface area contributed by atoms with Crippen LogP contribution in [0.1, 0.15) is 18.2 Å². The van der Waals surface area contributed by atoms with Crippen LogP contribution in [0.15, 0.2) is 18.3 Å². The van der Waals surface area contributed by atoms with E-state index >= 15 is 0 Å². The van der Waals surface area contributed by atoms with Gasteiger partial charge in [0.2, 0.25) is 0 Å². The van der Waals surface area contributed by atoms with Gasteiger partial charge in [0.05, 0.1) is 9.26 Å².